The van der Waals surface area contributed by atoms with E-state index in [0.29, 0.717) is 0 Å². The summed E-state index contributed by atoms with van der Waals surface area (Å²) in [4.78, 5) is 9.01. The summed E-state index contributed by atoms with van der Waals surface area (Å²) < 4.78 is 13.6. The van der Waals surface area contributed by atoms with Gasteiger partial charge in [0.1, 0.15) is 5.82 Å². The summed E-state index contributed by atoms with van der Waals surface area (Å²) >= 11 is 0. The maximum absolute atomic E-state index is 13.6. The van der Waals surface area contributed by atoms with Gasteiger partial charge in [-0.15, -0.1) is 0 Å². The second-order valence-electron chi connectivity index (χ2n) is 6.15. The van der Waals surface area contributed by atoms with Crippen LogP contribution in [0.2, 0.25) is 0 Å². The number of fused-ring (bicyclic) bond motifs is 1. The summed E-state index contributed by atoms with van der Waals surface area (Å²) in [6.45, 7) is 3.07. The van der Waals surface area contributed by atoms with Crippen molar-refractivity contribution in [2.45, 2.75) is 6.92 Å². The number of hydrogen-bond acceptors (Lipinski definition) is 3. The lowest BCUT2D eigenvalue weighted by Gasteiger charge is -2.21. The van der Waals surface area contributed by atoms with E-state index in [0.717, 1.165) is 40.1 Å². The first-order chi connectivity index (χ1) is 11.5. The van der Waals surface area contributed by atoms with Crippen molar-refractivity contribution in [3.05, 3.63) is 54.3 Å². The minimum atomic E-state index is -0.249. The van der Waals surface area contributed by atoms with Gasteiger partial charge in [-0.3, -0.25) is 0 Å². The summed E-state index contributed by atoms with van der Waals surface area (Å²) in [6, 6.07) is 14.9. The molecule has 0 bridgehead atoms. The third kappa shape index (κ3) is 3.04. The molecular weight excluding hydrogens is 301 g/mol. The zero-order valence-corrected chi connectivity index (χ0v) is 14.5. The molecule has 3 aromatic rings. The molecule has 0 aliphatic rings. The molecule has 0 aliphatic heterocycles. The molecule has 0 aliphatic carbocycles. The summed E-state index contributed by atoms with van der Waals surface area (Å²) in [5.74, 6) is -0.249. The lowest BCUT2D eigenvalue weighted by molar-refractivity contribution is 0.628. The molecule has 0 saturated carbocycles. The molecule has 0 spiro atoms. The van der Waals surface area contributed by atoms with Crippen LogP contribution in [0.3, 0.4) is 0 Å². The van der Waals surface area contributed by atoms with Gasteiger partial charge in [0.25, 0.3) is 0 Å². The second-order valence-corrected chi connectivity index (χ2v) is 6.15. The molecule has 3 rings (SSSR count). The van der Waals surface area contributed by atoms with Gasteiger partial charge in [-0.2, -0.15) is 0 Å². The minimum Gasteiger partial charge on any atom is -0.377 e. The van der Waals surface area contributed by atoms with Gasteiger partial charge in [-0.1, -0.05) is 12.1 Å². The predicted molar refractivity (Wildman–Crippen MR) is 100 cm³/mol. The van der Waals surface area contributed by atoms with Gasteiger partial charge in [0.15, 0.2) is 0 Å². The van der Waals surface area contributed by atoms with E-state index in [1.54, 1.807) is 6.07 Å². The molecule has 0 fully saturated rings. The van der Waals surface area contributed by atoms with Crippen LogP contribution in [0.1, 0.15) is 6.92 Å². The fraction of sp³-hybridized carbons (Fsp3) is 0.250. The Bertz CT molecular complexity index is 874. The Labute approximate surface area is 142 Å². The van der Waals surface area contributed by atoms with Gasteiger partial charge in [-0.25, -0.2) is 9.37 Å². The zero-order chi connectivity index (χ0) is 17.3. The van der Waals surface area contributed by atoms with E-state index in [4.69, 9.17) is 4.98 Å². The fourth-order valence-electron chi connectivity index (χ4n) is 2.78. The summed E-state index contributed by atoms with van der Waals surface area (Å²) in [7, 11) is 6.10. The van der Waals surface area contributed by atoms with Crippen LogP contribution in [0.15, 0.2) is 48.5 Å². The highest BCUT2D eigenvalue weighted by molar-refractivity contribution is 5.96. The number of halogens is 1. The molecule has 0 N–H and O–H groups in total. The maximum Gasteiger partial charge on any atom is 0.123 e. The quantitative estimate of drug-likeness (QED) is 0.701. The average Bonchev–Trinajstić information content (AvgIpc) is 2.59. The van der Waals surface area contributed by atoms with Gasteiger partial charge in [0.2, 0.25) is 0 Å². The predicted octanol–water partition coefficient (Wildman–Crippen LogP) is 4.56. The van der Waals surface area contributed by atoms with Crippen molar-refractivity contribution in [2.75, 3.05) is 37.5 Å². The number of nitrogens with zero attached hydrogens (tertiary/aromatic N) is 3. The Balaban J connectivity index is 2.21. The fourth-order valence-corrected chi connectivity index (χ4v) is 2.78. The standard InChI is InChI=1S/C20H22FN3/c1-5-24(4)16-9-10-18-17(12-16)20(23(2)3)13-19(22-18)14-7-6-8-15(21)11-14/h6-13H,5H2,1-4H3. The molecule has 2 aromatic carbocycles. The van der Waals surface area contributed by atoms with Crippen molar-refractivity contribution in [2.24, 2.45) is 0 Å². The number of benzene rings is 2. The van der Waals surface area contributed by atoms with Crippen molar-refractivity contribution >= 4 is 22.3 Å². The molecule has 1 heterocycles. The first-order valence-corrected chi connectivity index (χ1v) is 8.09. The van der Waals surface area contributed by atoms with Crippen molar-refractivity contribution < 1.29 is 4.39 Å². The summed E-state index contributed by atoms with van der Waals surface area (Å²) in [5, 5.41) is 1.10. The highest BCUT2D eigenvalue weighted by Gasteiger charge is 2.11. The highest BCUT2D eigenvalue weighted by atomic mass is 19.1. The molecule has 0 saturated heterocycles. The Morgan fingerprint density at radius 3 is 2.46 bits per heavy atom. The van der Waals surface area contributed by atoms with E-state index < -0.39 is 0 Å². The number of pyridine rings is 1. The molecule has 1 aromatic heterocycles. The van der Waals surface area contributed by atoms with Gasteiger partial charge in [0, 0.05) is 50.0 Å². The van der Waals surface area contributed by atoms with Gasteiger partial charge in [0.05, 0.1) is 11.2 Å². The second kappa shape index (κ2) is 6.48. The van der Waals surface area contributed by atoms with E-state index in [1.807, 2.05) is 32.3 Å². The number of anilines is 2. The average molecular weight is 323 g/mol. The number of hydrogen-bond donors (Lipinski definition) is 0. The van der Waals surface area contributed by atoms with E-state index in [9.17, 15) is 4.39 Å². The van der Waals surface area contributed by atoms with E-state index in [1.165, 1.54) is 12.1 Å². The summed E-state index contributed by atoms with van der Waals surface area (Å²) in [6.07, 6.45) is 0. The molecule has 0 amide bonds. The monoisotopic (exact) mass is 323 g/mol. The lowest BCUT2D eigenvalue weighted by Crippen LogP contribution is -2.16. The molecule has 124 valence electrons. The van der Waals surface area contributed by atoms with Crippen molar-refractivity contribution in [3.63, 3.8) is 0 Å². The topological polar surface area (TPSA) is 19.4 Å². The van der Waals surface area contributed by atoms with E-state index in [-0.39, 0.29) is 5.82 Å². The van der Waals surface area contributed by atoms with Crippen LogP contribution in [0.5, 0.6) is 0 Å². The third-order valence-electron chi connectivity index (χ3n) is 4.29. The SMILES string of the molecule is CCN(C)c1ccc2nc(-c3cccc(F)c3)cc(N(C)C)c2c1. The molecule has 0 radical (unpaired) electrons. The smallest absolute Gasteiger partial charge is 0.123 e. The molecule has 24 heavy (non-hydrogen) atoms. The van der Waals surface area contributed by atoms with Crippen molar-refractivity contribution in [3.8, 4) is 11.3 Å². The first kappa shape index (κ1) is 16.2. The normalized spacial score (nSPS) is 10.9. The lowest BCUT2D eigenvalue weighted by atomic mass is 10.1. The number of aromatic nitrogens is 1. The number of rotatable bonds is 4. The molecule has 4 heteroatoms. The van der Waals surface area contributed by atoms with Gasteiger partial charge in [-0.05, 0) is 43.3 Å². The Morgan fingerprint density at radius 1 is 1.00 bits per heavy atom. The van der Waals surface area contributed by atoms with Crippen LogP contribution in [0.25, 0.3) is 22.2 Å². The van der Waals surface area contributed by atoms with Crippen LogP contribution in [0, 0.1) is 5.82 Å². The molecular formula is C20H22FN3. The van der Waals surface area contributed by atoms with Gasteiger partial charge < -0.3 is 9.80 Å². The van der Waals surface area contributed by atoms with Crippen LogP contribution in [0.4, 0.5) is 15.8 Å². The zero-order valence-electron chi connectivity index (χ0n) is 14.5. The Morgan fingerprint density at radius 2 is 1.79 bits per heavy atom. The van der Waals surface area contributed by atoms with Crippen LogP contribution in [-0.4, -0.2) is 32.7 Å². The maximum atomic E-state index is 13.6. The van der Waals surface area contributed by atoms with Crippen LogP contribution in [-0.2, 0) is 0 Å². The van der Waals surface area contributed by atoms with Gasteiger partial charge >= 0.3 is 0 Å². The first-order valence-electron chi connectivity index (χ1n) is 8.09. The van der Waals surface area contributed by atoms with Crippen LogP contribution < -0.4 is 9.80 Å². The largest absolute Gasteiger partial charge is 0.377 e. The Hall–Kier alpha value is -2.62. The highest BCUT2D eigenvalue weighted by Crippen LogP contribution is 2.32. The van der Waals surface area contributed by atoms with Crippen molar-refractivity contribution in [1.82, 2.24) is 4.98 Å². The summed E-state index contributed by atoms with van der Waals surface area (Å²) in [5.41, 5.74) is 4.71. The van der Waals surface area contributed by atoms with E-state index in [2.05, 4.69) is 35.9 Å². The molecule has 0 unspecified atom stereocenters. The molecule has 3 nitrogen and oxygen atoms in total. The molecule has 0 atom stereocenters. The Kier molecular flexibility index (Phi) is 4.38. The van der Waals surface area contributed by atoms with Crippen LogP contribution >= 0.6 is 0 Å². The van der Waals surface area contributed by atoms with E-state index >= 15 is 0 Å². The third-order valence-corrected chi connectivity index (χ3v) is 4.29. The van der Waals surface area contributed by atoms with Crippen molar-refractivity contribution in [1.29, 1.82) is 0 Å². The minimum absolute atomic E-state index is 0.249.